The first kappa shape index (κ1) is 8.23. The van der Waals surface area contributed by atoms with E-state index in [1.54, 1.807) is 12.5 Å². The Labute approximate surface area is 65.7 Å². The van der Waals surface area contributed by atoms with Crippen LogP contribution < -0.4 is 5.73 Å². The third-order valence-electron chi connectivity index (χ3n) is 1.67. The van der Waals surface area contributed by atoms with Gasteiger partial charge in [0.1, 0.15) is 0 Å². The summed E-state index contributed by atoms with van der Waals surface area (Å²) in [4.78, 5) is 3.93. The van der Waals surface area contributed by atoms with Crippen LogP contribution in [0.5, 0.6) is 0 Å². The van der Waals surface area contributed by atoms with E-state index in [0.29, 0.717) is 6.42 Å². The molecule has 0 saturated heterocycles. The van der Waals surface area contributed by atoms with Crippen LogP contribution in [-0.2, 0) is 7.05 Å². The zero-order chi connectivity index (χ0) is 8.27. The molecule has 0 saturated carbocycles. The standard InChI is InChI=1S/C7H13N3O/c1-10-5-9-4-7(10)6(8)2-3-11/h4-6,11H,2-3,8H2,1H3/t6-/m1/s1. The molecule has 0 radical (unpaired) electrons. The first-order chi connectivity index (χ1) is 5.25. The number of imidazole rings is 1. The third kappa shape index (κ3) is 1.78. The minimum atomic E-state index is -0.104. The molecule has 0 amide bonds. The molecule has 0 unspecified atom stereocenters. The third-order valence-corrected chi connectivity index (χ3v) is 1.67. The van der Waals surface area contributed by atoms with Gasteiger partial charge >= 0.3 is 0 Å². The number of nitrogens with zero attached hydrogens (tertiary/aromatic N) is 2. The molecule has 3 N–H and O–H groups in total. The van der Waals surface area contributed by atoms with Gasteiger partial charge in [-0.2, -0.15) is 0 Å². The van der Waals surface area contributed by atoms with Crippen molar-refractivity contribution < 1.29 is 5.11 Å². The number of hydrogen-bond donors (Lipinski definition) is 2. The van der Waals surface area contributed by atoms with E-state index < -0.39 is 0 Å². The van der Waals surface area contributed by atoms with Crippen molar-refractivity contribution in [3.05, 3.63) is 18.2 Å². The Bertz CT molecular complexity index is 221. The van der Waals surface area contributed by atoms with Gasteiger partial charge in [-0.3, -0.25) is 0 Å². The largest absolute Gasteiger partial charge is 0.396 e. The van der Waals surface area contributed by atoms with Crippen molar-refractivity contribution in [1.29, 1.82) is 0 Å². The second-order valence-electron chi connectivity index (χ2n) is 2.55. The summed E-state index contributed by atoms with van der Waals surface area (Å²) in [6, 6.07) is -0.104. The minimum Gasteiger partial charge on any atom is -0.396 e. The van der Waals surface area contributed by atoms with Gasteiger partial charge in [-0.1, -0.05) is 0 Å². The molecule has 1 aromatic rings. The second-order valence-corrected chi connectivity index (χ2v) is 2.55. The lowest BCUT2D eigenvalue weighted by atomic mass is 10.2. The van der Waals surface area contributed by atoms with Crippen LogP contribution in [0.15, 0.2) is 12.5 Å². The van der Waals surface area contributed by atoms with Crippen molar-refractivity contribution in [2.75, 3.05) is 6.61 Å². The summed E-state index contributed by atoms with van der Waals surface area (Å²) in [5.74, 6) is 0. The van der Waals surface area contributed by atoms with Gasteiger partial charge in [-0.25, -0.2) is 4.98 Å². The van der Waals surface area contributed by atoms with Gasteiger partial charge in [0, 0.05) is 25.9 Å². The highest BCUT2D eigenvalue weighted by atomic mass is 16.3. The average Bonchev–Trinajstić information content (AvgIpc) is 2.36. The Kier molecular flexibility index (Phi) is 2.62. The molecule has 1 heterocycles. The van der Waals surface area contributed by atoms with E-state index in [4.69, 9.17) is 10.8 Å². The van der Waals surface area contributed by atoms with Crippen LogP contribution in [-0.4, -0.2) is 21.3 Å². The molecule has 62 valence electrons. The summed E-state index contributed by atoms with van der Waals surface area (Å²) in [6.45, 7) is 0.117. The average molecular weight is 155 g/mol. The smallest absolute Gasteiger partial charge is 0.0946 e. The van der Waals surface area contributed by atoms with Gasteiger partial charge in [0.25, 0.3) is 0 Å². The SMILES string of the molecule is Cn1cncc1[C@H](N)CCO. The zero-order valence-electron chi connectivity index (χ0n) is 6.57. The molecule has 1 aromatic heterocycles. The van der Waals surface area contributed by atoms with Crippen molar-refractivity contribution in [3.8, 4) is 0 Å². The highest BCUT2D eigenvalue weighted by molar-refractivity contribution is 5.03. The fourth-order valence-corrected chi connectivity index (χ4v) is 1.01. The van der Waals surface area contributed by atoms with Gasteiger partial charge in [-0.05, 0) is 6.42 Å². The van der Waals surface area contributed by atoms with Crippen LogP contribution in [0.2, 0.25) is 0 Å². The summed E-state index contributed by atoms with van der Waals surface area (Å²) in [7, 11) is 1.89. The van der Waals surface area contributed by atoms with Gasteiger partial charge in [0.05, 0.1) is 12.0 Å². The molecule has 0 spiro atoms. The molecule has 0 aromatic carbocycles. The van der Waals surface area contributed by atoms with Crippen LogP contribution in [0.3, 0.4) is 0 Å². The predicted molar refractivity (Wildman–Crippen MR) is 41.8 cm³/mol. The number of aryl methyl sites for hydroxylation is 1. The lowest BCUT2D eigenvalue weighted by Crippen LogP contribution is -2.14. The molecular weight excluding hydrogens is 142 g/mol. The number of rotatable bonds is 3. The Hall–Kier alpha value is -0.870. The first-order valence-electron chi connectivity index (χ1n) is 3.58. The van der Waals surface area contributed by atoms with Crippen molar-refractivity contribution in [2.45, 2.75) is 12.5 Å². The number of aliphatic hydroxyl groups is 1. The molecule has 0 bridgehead atoms. The summed E-state index contributed by atoms with van der Waals surface area (Å²) < 4.78 is 1.86. The maximum atomic E-state index is 8.62. The van der Waals surface area contributed by atoms with Crippen LogP contribution >= 0.6 is 0 Å². The molecular formula is C7H13N3O. The first-order valence-corrected chi connectivity index (χ1v) is 3.58. The lowest BCUT2D eigenvalue weighted by Gasteiger charge is -2.09. The maximum absolute atomic E-state index is 8.62. The lowest BCUT2D eigenvalue weighted by molar-refractivity contribution is 0.275. The normalized spacial score (nSPS) is 13.4. The van der Waals surface area contributed by atoms with Gasteiger partial charge < -0.3 is 15.4 Å². The van der Waals surface area contributed by atoms with E-state index in [-0.39, 0.29) is 12.6 Å². The van der Waals surface area contributed by atoms with Crippen LogP contribution in [0.4, 0.5) is 0 Å². The summed E-state index contributed by atoms with van der Waals surface area (Å²) in [6.07, 6.45) is 4.01. The Morgan fingerprint density at radius 1 is 1.82 bits per heavy atom. The number of aromatic nitrogens is 2. The van der Waals surface area contributed by atoms with Crippen molar-refractivity contribution >= 4 is 0 Å². The Balaban J connectivity index is 2.67. The van der Waals surface area contributed by atoms with Crippen molar-refractivity contribution in [3.63, 3.8) is 0 Å². The minimum absolute atomic E-state index is 0.104. The molecule has 0 aliphatic heterocycles. The summed E-state index contributed by atoms with van der Waals surface area (Å²) >= 11 is 0. The quantitative estimate of drug-likeness (QED) is 0.635. The van der Waals surface area contributed by atoms with Gasteiger partial charge in [0.2, 0.25) is 0 Å². The molecule has 0 aliphatic rings. The molecule has 1 atom stereocenters. The van der Waals surface area contributed by atoms with E-state index in [1.165, 1.54) is 0 Å². The van der Waals surface area contributed by atoms with E-state index in [1.807, 2.05) is 11.6 Å². The zero-order valence-corrected chi connectivity index (χ0v) is 6.57. The Morgan fingerprint density at radius 2 is 2.55 bits per heavy atom. The molecule has 4 nitrogen and oxygen atoms in total. The van der Waals surface area contributed by atoms with Crippen LogP contribution in [0, 0.1) is 0 Å². The van der Waals surface area contributed by atoms with Crippen molar-refractivity contribution in [1.82, 2.24) is 9.55 Å². The molecule has 4 heteroatoms. The monoisotopic (exact) mass is 155 g/mol. The molecule has 0 fully saturated rings. The molecule has 11 heavy (non-hydrogen) atoms. The van der Waals surface area contributed by atoms with Crippen molar-refractivity contribution in [2.24, 2.45) is 12.8 Å². The van der Waals surface area contributed by atoms with Crippen LogP contribution in [0.25, 0.3) is 0 Å². The summed E-state index contributed by atoms with van der Waals surface area (Å²) in [5, 5.41) is 8.62. The fourth-order valence-electron chi connectivity index (χ4n) is 1.01. The molecule has 1 rings (SSSR count). The van der Waals surface area contributed by atoms with E-state index in [9.17, 15) is 0 Å². The number of hydrogen-bond acceptors (Lipinski definition) is 3. The highest BCUT2D eigenvalue weighted by Crippen LogP contribution is 2.10. The van der Waals surface area contributed by atoms with E-state index in [2.05, 4.69) is 4.98 Å². The molecule has 0 aliphatic carbocycles. The number of aliphatic hydroxyl groups excluding tert-OH is 1. The topological polar surface area (TPSA) is 64.1 Å². The number of nitrogens with two attached hydrogens (primary N) is 1. The fraction of sp³-hybridized carbons (Fsp3) is 0.571. The highest BCUT2D eigenvalue weighted by Gasteiger charge is 2.07. The van der Waals surface area contributed by atoms with Gasteiger partial charge in [-0.15, -0.1) is 0 Å². The van der Waals surface area contributed by atoms with Gasteiger partial charge in [0.15, 0.2) is 0 Å². The van der Waals surface area contributed by atoms with E-state index >= 15 is 0 Å². The summed E-state index contributed by atoms with van der Waals surface area (Å²) in [5.41, 5.74) is 6.69. The predicted octanol–water partition coefficient (Wildman–Crippen LogP) is -0.198. The Morgan fingerprint density at radius 3 is 3.00 bits per heavy atom. The van der Waals surface area contributed by atoms with Crippen LogP contribution in [0.1, 0.15) is 18.2 Å². The second kappa shape index (κ2) is 3.50. The van der Waals surface area contributed by atoms with E-state index in [0.717, 1.165) is 5.69 Å². The maximum Gasteiger partial charge on any atom is 0.0946 e.